The molecule has 198 valence electrons. The zero-order chi connectivity index (χ0) is 26.5. The van der Waals surface area contributed by atoms with Crippen LogP contribution in [0.15, 0.2) is 59.4 Å². The summed E-state index contributed by atoms with van der Waals surface area (Å²) in [5, 5.41) is 0. The van der Waals surface area contributed by atoms with Crippen molar-refractivity contribution in [3.63, 3.8) is 0 Å². The van der Waals surface area contributed by atoms with Gasteiger partial charge in [0.05, 0.1) is 24.7 Å². The Morgan fingerprint density at radius 3 is 2.65 bits per heavy atom. The predicted octanol–water partition coefficient (Wildman–Crippen LogP) is 4.15. The molecule has 3 atom stereocenters. The number of rotatable bonds is 10. The fourth-order valence-corrected chi connectivity index (χ4v) is 6.06. The van der Waals surface area contributed by atoms with Crippen LogP contribution in [0.2, 0.25) is 0 Å². The van der Waals surface area contributed by atoms with Crippen LogP contribution in [0, 0.1) is 12.3 Å². The van der Waals surface area contributed by atoms with Crippen LogP contribution in [0.3, 0.4) is 0 Å². The molecular formula is C30H41N5O2. The lowest BCUT2D eigenvalue weighted by atomic mass is 9.74. The molecule has 1 aromatic carbocycles. The molecular weight excluding hydrogens is 462 g/mol. The minimum absolute atomic E-state index is 0.182. The third-order valence-corrected chi connectivity index (χ3v) is 8.55. The Bertz CT molecular complexity index is 1140. The highest BCUT2D eigenvalue weighted by molar-refractivity contribution is 5.88. The number of nitrogens with zero attached hydrogens (tertiary/aromatic N) is 3. The van der Waals surface area contributed by atoms with Gasteiger partial charge in [0.25, 0.3) is 0 Å². The van der Waals surface area contributed by atoms with Crippen molar-refractivity contribution in [3.8, 4) is 5.75 Å². The number of hydrogen-bond acceptors (Lipinski definition) is 6. The van der Waals surface area contributed by atoms with Crippen LogP contribution in [-0.2, 0) is 11.2 Å². The summed E-state index contributed by atoms with van der Waals surface area (Å²) in [6.45, 7) is 6.37. The molecule has 2 aromatic rings. The van der Waals surface area contributed by atoms with Crippen LogP contribution in [0.5, 0.6) is 5.75 Å². The van der Waals surface area contributed by atoms with Crippen molar-refractivity contribution >= 4 is 12.1 Å². The van der Waals surface area contributed by atoms with E-state index in [-0.39, 0.29) is 11.8 Å². The number of benzene rings is 1. The molecule has 0 saturated carbocycles. The Hall–Kier alpha value is -3.03. The number of allylic oxidation sites excluding steroid dienone is 1. The third kappa shape index (κ3) is 5.63. The van der Waals surface area contributed by atoms with Gasteiger partial charge in [0, 0.05) is 30.9 Å². The highest BCUT2D eigenvalue weighted by Gasteiger charge is 2.44. The minimum Gasteiger partial charge on any atom is -0.497 e. The van der Waals surface area contributed by atoms with Crippen molar-refractivity contribution < 1.29 is 9.53 Å². The Kier molecular flexibility index (Phi) is 8.45. The summed E-state index contributed by atoms with van der Waals surface area (Å²) >= 11 is 0. The summed E-state index contributed by atoms with van der Waals surface area (Å²) in [5.74, 6) is 0.749. The number of piperidine rings is 1. The third-order valence-electron chi connectivity index (χ3n) is 8.55. The van der Waals surface area contributed by atoms with E-state index in [2.05, 4.69) is 40.0 Å². The number of amides is 1. The van der Waals surface area contributed by atoms with Gasteiger partial charge >= 0.3 is 0 Å². The van der Waals surface area contributed by atoms with Gasteiger partial charge in [0.15, 0.2) is 0 Å². The predicted molar refractivity (Wildman–Crippen MR) is 149 cm³/mol. The first-order valence-electron chi connectivity index (χ1n) is 13.3. The topological polar surface area (TPSA) is 107 Å². The molecule has 1 saturated heterocycles. The van der Waals surface area contributed by atoms with Crippen molar-refractivity contribution in [3.05, 3.63) is 71.1 Å². The maximum atomic E-state index is 12.4. The summed E-state index contributed by atoms with van der Waals surface area (Å²) in [6, 6.07) is 10.4. The SMILES string of the molecule is COc1ccc(C2CCCN(CCCC[C@]3(C(N)=O)CN=CC=C3C)C2(N)Cc2cnccc2C)cc1. The number of ether oxygens (including phenoxy) is 1. The normalized spacial score (nSPS) is 26.1. The lowest BCUT2D eigenvalue weighted by Gasteiger charge is -2.50. The Balaban J connectivity index is 1.54. The van der Waals surface area contributed by atoms with E-state index in [9.17, 15) is 4.79 Å². The molecule has 0 bridgehead atoms. The first-order chi connectivity index (χ1) is 17.8. The Morgan fingerprint density at radius 1 is 1.19 bits per heavy atom. The minimum atomic E-state index is -0.672. The number of primary amides is 1. The van der Waals surface area contributed by atoms with Gasteiger partial charge in [-0.2, -0.15) is 0 Å². The van der Waals surface area contributed by atoms with E-state index >= 15 is 0 Å². The summed E-state index contributed by atoms with van der Waals surface area (Å²) in [7, 11) is 1.69. The lowest BCUT2D eigenvalue weighted by Crippen LogP contribution is -2.64. The van der Waals surface area contributed by atoms with Gasteiger partial charge in [0.2, 0.25) is 5.91 Å². The summed E-state index contributed by atoms with van der Waals surface area (Å²) in [4.78, 5) is 23.6. The van der Waals surface area contributed by atoms with Gasteiger partial charge in [-0.25, -0.2) is 0 Å². The number of carbonyl (C=O) groups excluding carboxylic acids is 1. The van der Waals surface area contributed by atoms with Gasteiger partial charge in [-0.1, -0.05) is 24.1 Å². The van der Waals surface area contributed by atoms with E-state index in [1.165, 1.54) is 16.7 Å². The zero-order valence-electron chi connectivity index (χ0n) is 22.5. The molecule has 1 amide bonds. The first-order valence-corrected chi connectivity index (χ1v) is 13.3. The number of unbranched alkanes of at least 4 members (excludes halogenated alkanes) is 1. The standard InChI is InChI=1S/C30H41N5O2/c1-22-12-15-33-20-25(22)19-30(32)27(24-8-10-26(37-3)11-9-24)7-6-18-35(30)17-5-4-14-29(28(31)36)21-34-16-13-23(29)2/h8-13,15-16,20,27H,4-7,14,17-19,21,32H2,1-3H3,(H2,31,36)/t27?,29-,30?/m0/s1. The van der Waals surface area contributed by atoms with E-state index in [4.69, 9.17) is 16.2 Å². The molecule has 0 radical (unpaired) electrons. The van der Waals surface area contributed by atoms with Gasteiger partial charge in [-0.3, -0.25) is 19.7 Å². The first kappa shape index (κ1) is 27.0. The number of nitrogens with two attached hydrogens (primary N) is 2. The Morgan fingerprint density at radius 2 is 1.97 bits per heavy atom. The van der Waals surface area contributed by atoms with E-state index in [1.54, 1.807) is 13.3 Å². The van der Waals surface area contributed by atoms with Crippen molar-refractivity contribution in [2.45, 2.75) is 64.0 Å². The molecule has 0 spiro atoms. The van der Waals surface area contributed by atoms with E-state index < -0.39 is 11.1 Å². The van der Waals surface area contributed by atoms with E-state index in [1.807, 2.05) is 37.5 Å². The molecule has 4 rings (SSSR count). The number of aryl methyl sites for hydroxylation is 1. The smallest absolute Gasteiger partial charge is 0.229 e. The Labute approximate surface area is 221 Å². The van der Waals surface area contributed by atoms with Crippen LogP contribution in [0.1, 0.15) is 61.6 Å². The van der Waals surface area contributed by atoms with Crippen LogP contribution < -0.4 is 16.2 Å². The summed E-state index contributed by atoms with van der Waals surface area (Å²) in [5.41, 5.74) is 16.7. The molecule has 2 aliphatic rings. The number of carbonyl (C=O) groups is 1. The fraction of sp³-hybridized carbons (Fsp3) is 0.500. The van der Waals surface area contributed by atoms with Gasteiger partial charge in [0.1, 0.15) is 5.75 Å². The maximum absolute atomic E-state index is 12.4. The van der Waals surface area contributed by atoms with E-state index in [0.29, 0.717) is 13.0 Å². The number of hydrogen-bond donors (Lipinski definition) is 2. The number of pyridine rings is 1. The molecule has 7 nitrogen and oxygen atoms in total. The second-order valence-corrected chi connectivity index (χ2v) is 10.7. The number of methoxy groups -OCH3 is 1. The molecule has 0 aliphatic carbocycles. The van der Waals surface area contributed by atoms with Crippen LogP contribution in [-0.4, -0.2) is 54.4 Å². The van der Waals surface area contributed by atoms with Crippen molar-refractivity contribution in [2.75, 3.05) is 26.7 Å². The molecule has 7 heteroatoms. The maximum Gasteiger partial charge on any atom is 0.229 e. The number of likely N-dealkylation sites (tertiary alicyclic amines) is 1. The molecule has 3 heterocycles. The van der Waals surface area contributed by atoms with E-state index in [0.717, 1.165) is 56.5 Å². The average Bonchev–Trinajstić information content (AvgIpc) is 2.90. The number of aromatic nitrogens is 1. The summed E-state index contributed by atoms with van der Waals surface area (Å²) in [6.07, 6.45) is 12.9. The highest BCUT2D eigenvalue weighted by Crippen LogP contribution is 2.41. The molecule has 1 fully saturated rings. The molecule has 37 heavy (non-hydrogen) atoms. The largest absolute Gasteiger partial charge is 0.497 e. The van der Waals surface area contributed by atoms with Crippen molar-refractivity contribution in [2.24, 2.45) is 21.9 Å². The monoisotopic (exact) mass is 503 g/mol. The molecule has 4 N–H and O–H groups in total. The van der Waals surface area contributed by atoms with Gasteiger partial charge < -0.3 is 16.2 Å². The van der Waals surface area contributed by atoms with Crippen molar-refractivity contribution in [1.82, 2.24) is 9.88 Å². The van der Waals surface area contributed by atoms with Crippen molar-refractivity contribution in [1.29, 1.82) is 0 Å². The quantitative estimate of drug-likeness (QED) is 0.474. The number of aliphatic imine (C=N–C) groups is 1. The second-order valence-electron chi connectivity index (χ2n) is 10.7. The zero-order valence-corrected chi connectivity index (χ0v) is 22.5. The van der Waals surface area contributed by atoms with Gasteiger partial charge in [-0.15, -0.1) is 0 Å². The highest BCUT2D eigenvalue weighted by atomic mass is 16.5. The fourth-order valence-electron chi connectivity index (χ4n) is 6.06. The molecule has 2 unspecified atom stereocenters. The number of dihydropyridines is 1. The lowest BCUT2D eigenvalue weighted by molar-refractivity contribution is -0.125. The summed E-state index contributed by atoms with van der Waals surface area (Å²) < 4.78 is 5.39. The second kappa shape index (κ2) is 11.6. The van der Waals surface area contributed by atoms with Crippen LogP contribution in [0.4, 0.5) is 0 Å². The van der Waals surface area contributed by atoms with Gasteiger partial charge in [-0.05, 0) is 93.6 Å². The average molecular weight is 504 g/mol. The molecule has 2 aliphatic heterocycles. The van der Waals surface area contributed by atoms with Crippen LogP contribution in [0.25, 0.3) is 0 Å². The van der Waals surface area contributed by atoms with Crippen LogP contribution >= 0.6 is 0 Å². The molecule has 1 aromatic heterocycles.